The average Bonchev–Trinajstić information content (AvgIpc) is 3.49. The second-order valence-electron chi connectivity index (χ2n) is 9.51. The number of nitrogens with zero attached hydrogens (tertiary/aromatic N) is 2. The lowest BCUT2D eigenvalue weighted by Crippen LogP contribution is -2.26. The van der Waals surface area contributed by atoms with Gasteiger partial charge < -0.3 is 9.47 Å². The van der Waals surface area contributed by atoms with Crippen LogP contribution in [0.2, 0.25) is 0 Å². The highest BCUT2D eigenvalue weighted by molar-refractivity contribution is 9.10. The van der Waals surface area contributed by atoms with Gasteiger partial charge in [0.25, 0.3) is 0 Å². The third-order valence-corrected chi connectivity index (χ3v) is 8.28. The molecule has 7 nitrogen and oxygen atoms in total. The van der Waals surface area contributed by atoms with E-state index < -0.39 is 11.0 Å². The van der Waals surface area contributed by atoms with Gasteiger partial charge in [-0.25, -0.2) is 4.21 Å². The fraction of sp³-hybridized carbons (Fsp3) is 0.188. The number of rotatable bonds is 12. The van der Waals surface area contributed by atoms with E-state index in [1.165, 1.54) is 23.4 Å². The van der Waals surface area contributed by atoms with Gasteiger partial charge in [0.05, 0.1) is 20.3 Å². The summed E-state index contributed by atoms with van der Waals surface area (Å²) >= 11 is 3.38. The second-order valence-corrected chi connectivity index (χ2v) is 11.6. The van der Waals surface area contributed by atoms with Gasteiger partial charge in [-0.3, -0.25) is 14.2 Å². The zero-order valence-electron chi connectivity index (χ0n) is 22.6. The number of carbonyl (C=O) groups excluding carboxylic acids is 1. The Balaban J connectivity index is 1.26. The van der Waals surface area contributed by atoms with E-state index in [0.717, 1.165) is 27.8 Å². The summed E-state index contributed by atoms with van der Waals surface area (Å²) in [5.74, 6) is 0.854. The van der Waals surface area contributed by atoms with Crippen LogP contribution >= 0.6 is 15.9 Å². The molecule has 0 saturated heterocycles. The molecule has 0 saturated carbocycles. The number of halogens is 1. The van der Waals surface area contributed by atoms with Gasteiger partial charge in [-0.2, -0.15) is 5.10 Å². The molecule has 4 aromatic carbocycles. The van der Waals surface area contributed by atoms with E-state index in [1.54, 1.807) is 24.4 Å². The number of aryl methyl sites for hydroxylation is 1. The molecule has 0 aliphatic heterocycles. The fourth-order valence-corrected chi connectivity index (χ4v) is 6.04. The minimum absolute atomic E-state index is 0.154. The van der Waals surface area contributed by atoms with Crippen molar-refractivity contribution >= 4 is 43.6 Å². The Morgan fingerprint density at radius 1 is 0.927 bits per heavy atom. The van der Waals surface area contributed by atoms with Crippen molar-refractivity contribution in [2.24, 2.45) is 0 Å². The summed E-state index contributed by atoms with van der Waals surface area (Å²) in [6.07, 6.45) is 5.01. The van der Waals surface area contributed by atoms with Crippen LogP contribution in [0.25, 0.3) is 10.8 Å². The Bertz CT molecular complexity index is 1670. The van der Waals surface area contributed by atoms with Gasteiger partial charge in [0.15, 0.2) is 11.0 Å². The molecular formula is C32H30BrN3O4S. The fourth-order valence-electron chi connectivity index (χ4n) is 4.55. The quantitative estimate of drug-likeness (QED) is 0.176. The molecule has 0 fully saturated rings. The molecule has 0 bridgehead atoms. The molecule has 210 valence electrons. The largest absolute Gasteiger partial charge is 0.495 e. The topological polar surface area (TPSA) is 82.5 Å². The number of fused-ring (bicyclic) bond motifs is 1. The van der Waals surface area contributed by atoms with Crippen molar-refractivity contribution in [3.05, 3.63) is 118 Å². The summed E-state index contributed by atoms with van der Waals surface area (Å²) in [7, 11) is -0.249. The number of nitrogens with one attached hydrogen (secondary N) is 1. The van der Waals surface area contributed by atoms with Crippen LogP contribution < -0.4 is 14.2 Å². The van der Waals surface area contributed by atoms with Crippen LogP contribution in [0.1, 0.15) is 23.1 Å². The predicted molar refractivity (Wildman–Crippen MR) is 164 cm³/mol. The van der Waals surface area contributed by atoms with E-state index in [9.17, 15) is 9.00 Å². The summed E-state index contributed by atoms with van der Waals surface area (Å²) in [6.45, 7) is 1.11. The van der Waals surface area contributed by atoms with Gasteiger partial charge >= 0.3 is 0 Å². The molecule has 1 amide bonds. The summed E-state index contributed by atoms with van der Waals surface area (Å²) in [6, 6.07) is 27.8. The third kappa shape index (κ3) is 7.62. The van der Waals surface area contributed by atoms with Crippen LogP contribution in [0.5, 0.6) is 11.5 Å². The van der Waals surface area contributed by atoms with E-state index in [-0.39, 0.29) is 12.3 Å². The molecule has 1 atom stereocenters. The molecule has 5 rings (SSSR count). The number of hydrogen-bond acceptors (Lipinski definition) is 5. The van der Waals surface area contributed by atoms with Crippen molar-refractivity contribution in [3.8, 4) is 11.5 Å². The Morgan fingerprint density at radius 3 is 2.56 bits per heavy atom. The first-order valence-electron chi connectivity index (χ1n) is 13.2. The van der Waals surface area contributed by atoms with Crippen molar-refractivity contribution in [1.29, 1.82) is 0 Å². The van der Waals surface area contributed by atoms with Crippen molar-refractivity contribution < 1.29 is 18.5 Å². The molecule has 1 heterocycles. The highest BCUT2D eigenvalue weighted by Gasteiger charge is 2.16. The zero-order chi connectivity index (χ0) is 28.6. The van der Waals surface area contributed by atoms with Crippen molar-refractivity contribution in [1.82, 2.24) is 14.5 Å². The minimum Gasteiger partial charge on any atom is -0.495 e. The highest BCUT2D eigenvalue weighted by atomic mass is 79.9. The van der Waals surface area contributed by atoms with Crippen LogP contribution in [-0.4, -0.2) is 33.6 Å². The van der Waals surface area contributed by atoms with Gasteiger partial charge in [-0.15, -0.1) is 0 Å². The van der Waals surface area contributed by atoms with E-state index in [1.807, 2.05) is 47.3 Å². The molecule has 0 aliphatic rings. The molecular weight excluding hydrogens is 602 g/mol. The molecule has 9 heteroatoms. The number of methoxy groups -OCH3 is 1. The third-order valence-electron chi connectivity index (χ3n) is 6.65. The molecule has 41 heavy (non-hydrogen) atoms. The SMILES string of the molecule is COc1ccc(Br)cc1S(=O)NC(=O)CCc1ccc(Cn2cccn2)cc1OCCc1ccc2ccccc2c1. The second kappa shape index (κ2) is 13.6. The van der Waals surface area contributed by atoms with E-state index >= 15 is 0 Å². The molecule has 1 unspecified atom stereocenters. The van der Waals surface area contributed by atoms with Crippen molar-refractivity contribution in [3.63, 3.8) is 0 Å². The maximum Gasteiger partial charge on any atom is 0.232 e. The lowest BCUT2D eigenvalue weighted by atomic mass is 10.0. The van der Waals surface area contributed by atoms with E-state index in [0.29, 0.717) is 30.2 Å². The maximum absolute atomic E-state index is 12.9. The standard InChI is InChI=1S/C32H30BrN3O4S/c1-39-29-13-12-28(33)21-31(29)41(38)35-32(37)14-11-26-10-8-24(22-36-17-4-16-34-36)20-30(26)40-18-15-23-7-9-25-5-2-3-6-27(25)19-23/h2-10,12-13,16-17,19-21H,11,14-15,18,22H2,1H3,(H,35,37). The van der Waals surface area contributed by atoms with Crippen LogP contribution in [0.15, 0.2) is 107 Å². The molecule has 0 aliphatic carbocycles. The lowest BCUT2D eigenvalue weighted by Gasteiger charge is -2.14. The first kappa shape index (κ1) is 28.6. The maximum atomic E-state index is 12.9. The number of carbonyl (C=O) groups is 1. The summed E-state index contributed by atoms with van der Waals surface area (Å²) in [5, 5.41) is 6.72. The normalized spacial score (nSPS) is 11.8. The summed E-state index contributed by atoms with van der Waals surface area (Å²) in [5.41, 5.74) is 3.15. The van der Waals surface area contributed by atoms with E-state index in [4.69, 9.17) is 9.47 Å². The Morgan fingerprint density at radius 2 is 1.76 bits per heavy atom. The van der Waals surface area contributed by atoms with Crippen LogP contribution in [-0.2, 0) is 35.2 Å². The Kier molecular flexibility index (Phi) is 9.48. The number of hydrogen-bond donors (Lipinski definition) is 1. The van der Waals surface area contributed by atoms with Crippen molar-refractivity contribution in [2.75, 3.05) is 13.7 Å². The number of aromatic nitrogens is 2. The molecule has 5 aromatic rings. The van der Waals surface area contributed by atoms with E-state index in [2.05, 4.69) is 56.1 Å². The first-order chi connectivity index (χ1) is 20.0. The van der Waals surface area contributed by atoms with Crippen LogP contribution in [0.3, 0.4) is 0 Å². The molecule has 1 aromatic heterocycles. The predicted octanol–water partition coefficient (Wildman–Crippen LogP) is 6.25. The Labute approximate surface area is 250 Å². The lowest BCUT2D eigenvalue weighted by molar-refractivity contribution is -0.119. The Hall–Kier alpha value is -3.95. The van der Waals surface area contributed by atoms with Gasteiger partial charge in [0, 0.05) is 29.7 Å². The van der Waals surface area contributed by atoms with Gasteiger partial charge in [-0.1, -0.05) is 70.5 Å². The van der Waals surface area contributed by atoms with Crippen LogP contribution in [0.4, 0.5) is 0 Å². The highest BCUT2D eigenvalue weighted by Crippen LogP contribution is 2.26. The van der Waals surface area contributed by atoms with Gasteiger partial charge in [0.1, 0.15) is 16.4 Å². The molecule has 0 radical (unpaired) electrons. The number of benzene rings is 4. The monoisotopic (exact) mass is 631 g/mol. The van der Waals surface area contributed by atoms with Gasteiger partial charge in [0.2, 0.25) is 5.91 Å². The first-order valence-corrected chi connectivity index (χ1v) is 15.2. The molecule has 1 N–H and O–H groups in total. The summed E-state index contributed by atoms with van der Waals surface area (Å²) < 4.78 is 29.6. The number of ether oxygens (including phenoxy) is 2. The smallest absolute Gasteiger partial charge is 0.232 e. The van der Waals surface area contributed by atoms with Gasteiger partial charge in [-0.05, 0) is 64.2 Å². The van der Waals surface area contributed by atoms with Crippen LogP contribution in [0, 0.1) is 0 Å². The number of amides is 1. The van der Waals surface area contributed by atoms with Crippen molar-refractivity contribution in [2.45, 2.75) is 30.7 Å². The minimum atomic E-state index is -1.75. The summed E-state index contributed by atoms with van der Waals surface area (Å²) in [4.78, 5) is 13.2. The zero-order valence-corrected chi connectivity index (χ0v) is 25.0. The average molecular weight is 633 g/mol. The molecule has 0 spiro atoms.